The molecule has 1 N–H and O–H groups in total. The van der Waals surface area contributed by atoms with Gasteiger partial charge < -0.3 is 19.5 Å². The van der Waals surface area contributed by atoms with Crippen molar-refractivity contribution >= 4 is 11.9 Å². The van der Waals surface area contributed by atoms with Crippen LogP contribution in [0.4, 0.5) is 0 Å². The maximum Gasteiger partial charge on any atom is 0.338 e. The van der Waals surface area contributed by atoms with Gasteiger partial charge in [-0.05, 0) is 50.5 Å². The number of hydrogen-bond donors (Lipinski definition) is 1. The normalized spacial score (nSPS) is 11.4. The lowest BCUT2D eigenvalue weighted by Crippen LogP contribution is -2.36. The fourth-order valence-corrected chi connectivity index (χ4v) is 2.70. The summed E-state index contributed by atoms with van der Waals surface area (Å²) in [5.74, 6) is 0.0740. The number of esters is 1. The predicted octanol–water partition coefficient (Wildman–Crippen LogP) is 3.39. The maximum atomic E-state index is 12.2. The molecule has 0 unspecified atom stereocenters. The summed E-state index contributed by atoms with van der Waals surface area (Å²) in [5, 5.41) is 2.85. The number of ether oxygens (including phenoxy) is 3. The summed E-state index contributed by atoms with van der Waals surface area (Å²) in [5.41, 5.74) is 1.52. The Morgan fingerprint density at radius 3 is 2.50 bits per heavy atom. The molecule has 0 saturated heterocycles. The molecule has 0 aliphatic heterocycles. The summed E-state index contributed by atoms with van der Waals surface area (Å²) < 4.78 is 15.7. The van der Waals surface area contributed by atoms with Crippen LogP contribution in [0.3, 0.4) is 0 Å². The van der Waals surface area contributed by atoms with Gasteiger partial charge in [0.25, 0.3) is 5.91 Å². The first-order chi connectivity index (χ1) is 13.5. The Hall–Kier alpha value is -3.02. The van der Waals surface area contributed by atoms with Gasteiger partial charge in [-0.3, -0.25) is 4.79 Å². The zero-order chi connectivity index (χ0) is 20.4. The molecule has 0 aliphatic carbocycles. The Morgan fingerprint density at radius 1 is 1.07 bits per heavy atom. The van der Waals surface area contributed by atoms with E-state index in [-0.39, 0.29) is 18.6 Å². The van der Waals surface area contributed by atoms with Crippen molar-refractivity contribution in [3.8, 4) is 11.5 Å². The molecule has 2 rings (SSSR count). The van der Waals surface area contributed by atoms with E-state index in [1.54, 1.807) is 18.2 Å². The lowest BCUT2D eigenvalue weighted by molar-refractivity contribution is -0.124. The molecule has 0 bridgehead atoms. The lowest BCUT2D eigenvalue weighted by Gasteiger charge is -2.14. The SMILES string of the molecule is CCOc1cc(C(=O)OCC(=O)N[C@H](C)CCc2ccccc2)ccc1OC. The van der Waals surface area contributed by atoms with Crippen LogP contribution in [0.15, 0.2) is 48.5 Å². The van der Waals surface area contributed by atoms with Gasteiger partial charge in [-0.1, -0.05) is 30.3 Å². The predicted molar refractivity (Wildman–Crippen MR) is 107 cm³/mol. The Bertz CT molecular complexity index is 776. The van der Waals surface area contributed by atoms with Crippen molar-refractivity contribution in [1.82, 2.24) is 5.32 Å². The van der Waals surface area contributed by atoms with Crippen LogP contribution in [0, 0.1) is 0 Å². The van der Waals surface area contributed by atoms with Crippen LogP contribution in [-0.2, 0) is 16.0 Å². The van der Waals surface area contributed by atoms with E-state index in [1.165, 1.54) is 12.7 Å². The highest BCUT2D eigenvalue weighted by Crippen LogP contribution is 2.28. The number of rotatable bonds is 10. The highest BCUT2D eigenvalue weighted by molar-refractivity contribution is 5.92. The molecule has 0 aliphatic rings. The maximum absolute atomic E-state index is 12.2. The topological polar surface area (TPSA) is 73.9 Å². The first-order valence-electron chi connectivity index (χ1n) is 9.34. The number of carbonyl (C=O) groups excluding carboxylic acids is 2. The van der Waals surface area contributed by atoms with E-state index in [0.717, 1.165) is 12.8 Å². The number of aryl methyl sites for hydroxylation is 1. The van der Waals surface area contributed by atoms with Gasteiger partial charge in [-0.2, -0.15) is 0 Å². The third kappa shape index (κ3) is 6.61. The number of nitrogens with one attached hydrogen (secondary N) is 1. The molecule has 1 atom stereocenters. The van der Waals surface area contributed by atoms with E-state index in [0.29, 0.717) is 23.7 Å². The number of amides is 1. The van der Waals surface area contributed by atoms with Crippen LogP contribution in [0.1, 0.15) is 36.2 Å². The Kier molecular flexibility index (Phi) is 8.34. The molecule has 2 aromatic carbocycles. The van der Waals surface area contributed by atoms with Gasteiger partial charge in [0, 0.05) is 6.04 Å². The highest BCUT2D eigenvalue weighted by atomic mass is 16.5. The average Bonchev–Trinajstić information content (AvgIpc) is 2.71. The molecule has 6 nitrogen and oxygen atoms in total. The van der Waals surface area contributed by atoms with Crippen LogP contribution in [0.2, 0.25) is 0 Å². The zero-order valence-corrected chi connectivity index (χ0v) is 16.6. The van der Waals surface area contributed by atoms with E-state index in [2.05, 4.69) is 17.4 Å². The second-order valence-corrected chi connectivity index (χ2v) is 6.37. The summed E-state index contributed by atoms with van der Waals surface area (Å²) in [6.45, 7) is 3.89. The molecule has 28 heavy (non-hydrogen) atoms. The van der Waals surface area contributed by atoms with Crippen molar-refractivity contribution in [2.75, 3.05) is 20.3 Å². The van der Waals surface area contributed by atoms with Crippen molar-refractivity contribution < 1.29 is 23.8 Å². The third-order valence-electron chi connectivity index (χ3n) is 4.15. The molecule has 0 saturated carbocycles. The molecule has 2 aromatic rings. The number of methoxy groups -OCH3 is 1. The van der Waals surface area contributed by atoms with Gasteiger partial charge in [0.15, 0.2) is 18.1 Å². The van der Waals surface area contributed by atoms with Gasteiger partial charge >= 0.3 is 5.97 Å². The standard InChI is InChI=1S/C22H27NO5/c1-4-27-20-14-18(12-13-19(20)26-3)22(25)28-15-21(24)23-16(2)10-11-17-8-6-5-7-9-17/h5-9,12-14,16H,4,10-11,15H2,1-3H3,(H,23,24)/t16-/m1/s1. The summed E-state index contributed by atoms with van der Waals surface area (Å²) in [4.78, 5) is 24.2. The Morgan fingerprint density at radius 2 is 1.82 bits per heavy atom. The molecular formula is C22H27NO5. The van der Waals surface area contributed by atoms with E-state index >= 15 is 0 Å². The average molecular weight is 385 g/mol. The van der Waals surface area contributed by atoms with E-state index in [4.69, 9.17) is 14.2 Å². The molecule has 0 fully saturated rings. The molecule has 150 valence electrons. The van der Waals surface area contributed by atoms with Crippen molar-refractivity contribution in [1.29, 1.82) is 0 Å². The van der Waals surface area contributed by atoms with E-state index < -0.39 is 5.97 Å². The number of benzene rings is 2. The fourth-order valence-electron chi connectivity index (χ4n) is 2.70. The van der Waals surface area contributed by atoms with Crippen molar-refractivity contribution in [2.45, 2.75) is 32.7 Å². The van der Waals surface area contributed by atoms with Gasteiger partial charge in [0.2, 0.25) is 0 Å². The smallest absolute Gasteiger partial charge is 0.338 e. The highest BCUT2D eigenvalue weighted by Gasteiger charge is 2.15. The summed E-state index contributed by atoms with van der Waals surface area (Å²) in [6.07, 6.45) is 1.67. The number of carbonyl (C=O) groups is 2. The second-order valence-electron chi connectivity index (χ2n) is 6.37. The number of hydrogen-bond acceptors (Lipinski definition) is 5. The van der Waals surface area contributed by atoms with E-state index in [9.17, 15) is 9.59 Å². The monoisotopic (exact) mass is 385 g/mol. The molecule has 0 radical (unpaired) electrons. The van der Waals surface area contributed by atoms with Crippen molar-refractivity contribution in [3.05, 3.63) is 59.7 Å². The van der Waals surface area contributed by atoms with Gasteiger partial charge in [-0.15, -0.1) is 0 Å². The van der Waals surface area contributed by atoms with E-state index in [1.807, 2.05) is 32.0 Å². The Balaban J connectivity index is 1.80. The van der Waals surface area contributed by atoms with Crippen LogP contribution >= 0.6 is 0 Å². The van der Waals surface area contributed by atoms with Gasteiger partial charge in [-0.25, -0.2) is 4.79 Å². The largest absolute Gasteiger partial charge is 0.493 e. The second kappa shape index (κ2) is 11.0. The minimum Gasteiger partial charge on any atom is -0.493 e. The molecule has 6 heteroatoms. The molecule has 1 amide bonds. The first kappa shape index (κ1) is 21.3. The minimum absolute atomic E-state index is 0.0167. The third-order valence-corrected chi connectivity index (χ3v) is 4.15. The van der Waals surface area contributed by atoms with Crippen molar-refractivity contribution in [2.24, 2.45) is 0 Å². The van der Waals surface area contributed by atoms with Gasteiger partial charge in [0.1, 0.15) is 0 Å². The Labute approximate surface area is 165 Å². The lowest BCUT2D eigenvalue weighted by atomic mass is 10.1. The molecular weight excluding hydrogens is 358 g/mol. The van der Waals surface area contributed by atoms with Crippen LogP contribution < -0.4 is 14.8 Å². The first-order valence-corrected chi connectivity index (χ1v) is 9.34. The van der Waals surface area contributed by atoms with Crippen LogP contribution in [-0.4, -0.2) is 38.2 Å². The van der Waals surface area contributed by atoms with Crippen molar-refractivity contribution in [3.63, 3.8) is 0 Å². The summed E-state index contributed by atoms with van der Waals surface area (Å²) in [7, 11) is 1.53. The molecule has 0 heterocycles. The summed E-state index contributed by atoms with van der Waals surface area (Å²) >= 11 is 0. The minimum atomic E-state index is -0.587. The zero-order valence-electron chi connectivity index (χ0n) is 16.6. The van der Waals surface area contributed by atoms with Crippen LogP contribution in [0.5, 0.6) is 11.5 Å². The quantitative estimate of drug-likeness (QED) is 0.635. The fraction of sp³-hybridized carbons (Fsp3) is 0.364. The van der Waals surface area contributed by atoms with Gasteiger partial charge in [0.05, 0.1) is 19.3 Å². The van der Waals surface area contributed by atoms with Crippen LogP contribution in [0.25, 0.3) is 0 Å². The molecule has 0 aromatic heterocycles. The summed E-state index contributed by atoms with van der Waals surface area (Å²) in [6, 6.07) is 14.8. The molecule has 0 spiro atoms.